The summed E-state index contributed by atoms with van der Waals surface area (Å²) in [6, 6.07) is 6.65. The maximum absolute atomic E-state index is 13.8. The molecule has 0 spiro atoms. The third kappa shape index (κ3) is 3.22. The predicted octanol–water partition coefficient (Wildman–Crippen LogP) is 3.85. The van der Waals surface area contributed by atoms with Crippen LogP contribution in [0, 0.1) is 6.92 Å². The molecule has 0 amide bonds. The third-order valence-electron chi connectivity index (χ3n) is 4.48. The molecule has 1 aromatic carbocycles. The summed E-state index contributed by atoms with van der Waals surface area (Å²) in [4.78, 5) is 15.5. The molecular formula is C19H14F3N5O2. The first kappa shape index (κ1) is 18.7. The number of fused-ring (bicyclic) bond motifs is 1. The molecular weight excluding hydrogens is 387 g/mol. The average molecular weight is 401 g/mol. The fourth-order valence-electron chi connectivity index (χ4n) is 3.14. The molecule has 0 saturated carbocycles. The lowest BCUT2D eigenvalue weighted by atomic mass is 10.1. The lowest BCUT2D eigenvalue weighted by Gasteiger charge is -2.11. The second kappa shape index (κ2) is 6.43. The summed E-state index contributed by atoms with van der Waals surface area (Å²) in [7, 11) is 1.66. The maximum Gasteiger partial charge on any atom is 0.417 e. The molecule has 0 radical (unpaired) electrons. The number of hydrogen-bond donors (Lipinski definition) is 1. The SMILES string of the molecule is Cc1nn(-c2ccc(C(=O)O)cc2)c2nc(-c3cnn(C)c3)cc(C(F)(F)F)c12. The summed E-state index contributed by atoms with van der Waals surface area (Å²) in [6.07, 6.45) is -1.60. The monoisotopic (exact) mass is 401 g/mol. The Morgan fingerprint density at radius 3 is 2.41 bits per heavy atom. The molecule has 0 aliphatic carbocycles. The van der Waals surface area contributed by atoms with Crippen molar-refractivity contribution in [1.82, 2.24) is 24.5 Å². The Hall–Kier alpha value is -3.69. The van der Waals surface area contributed by atoms with Crippen LogP contribution in [0.25, 0.3) is 28.0 Å². The number of rotatable bonds is 3. The molecule has 3 heterocycles. The lowest BCUT2D eigenvalue weighted by molar-refractivity contribution is -0.136. The number of carboxylic acid groups (broad SMARTS) is 1. The number of aromatic carboxylic acids is 1. The normalized spacial score (nSPS) is 11.9. The van der Waals surface area contributed by atoms with Crippen molar-refractivity contribution in [2.24, 2.45) is 7.05 Å². The van der Waals surface area contributed by atoms with Gasteiger partial charge in [0.05, 0.1) is 39.8 Å². The van der Waals surface area contributed by atoms with Crippen molar-refractivity contribution < 1.29 is 23.1 Å². The molecule has 4 aromatic rings. The van der Waals surface area contributed by atoms with E-state index in [0.29, 0.717) is 11.3 Å². The number of halogens is 3. The van der Waals surface area contributed by atoms with Gasteiger partial charge in [0, 0.05) is 18.8 Å². The molecule has 148 valence electrons. The summed E-state index contributed by atoms with van der Waals surface area (Å²) in [5.74, 6) is -1.10. The third-order valence-corrected chi connectivity index (χ3v) is 4.48. The van der Waals surface area contributed by atoms with E-state index in [2.05, 4.69) is 15.2 Å². The van der Waals surface area contributed by atoms with Gasteiger partial charge in [0.15, 0.2) is 5.65 Å². The van der Waals surface area contributed by atoms with Crippen molar-refractivity contribution >= 4 is 17.0 Å². The maximum atomic E-state index is 13.8. The standard InChI is InChI=1S/C19H14F3N5O2/c1-10-16-14(19(20,21)22)7-15(12-8-23-26(2)9-12)24-17(16)27(25-10)13-5-3-11(4-6-13)18(28)29/h3-9H,1-2H3,(H,28,29). The van der Waals surface area contributed by atoms with Crippen LogP contribution in [0.4, 0.5) is 13.2 Å². The van der Waals surface area contributed by atoms with Crippen LogP contribution in [-0.4, -0.2) is 35.6 Å². The van der Waals surface area contributed by atoms with Gasteiger partial charge in [-0.15, -0.1) is 0 Å². The summed E-state index contributed by atoms with van der Waals surface area (Å²) >= 11 is 0. The summed E-state index contributed by atoms with van der Waals surface area (Å²) in [5.41, 5.74) is 0.359. The highest BCUT2D eigenvalue weighted by atomic mass is 19.4. The Labute approximate surface area is 162 Å². The topological polar surface area (TPSA) is 85.8 Å². The largest absolute Gasteiger partial charge is 0.478 e. The number of carbonyl (C=O) groups is 1. The number of alkyl halides is 3. The minimum Gasteiger partial charge on any atom is -0.478 e. The molecule has 7 nitrogen and oxygen atoms in total. The van der Waals surface area contributed by atoms with Gasteiger partial charge in [0.1, 0.15) is 0 Å². The van der Waals surface area contributed by atoms with Crippen molar-refractivity contribution in [3.05, 3.63) is 59.5 Å². The molecule has 1 N–H and O–H groups in total. The summed E-state index contributed by atoms with van der Waals surface area (Å²) in [5, 5.41) is 17.2. The molecule has 0 unspecified atom stereocenters. The number of benzene rings is 1. The molecule has 3 aromatic heterocycles. The predicted molar refractivity (Wildman–Crippen MR) is 97.8 cm³/mol. The zero-order valence-corrected chi connectivity index (χ0v) is 15.3. The van der Waals surface area contributed by atoms with Crippen LogP contribution in [0.1, 0.15) is 21.6 Å². The van der Waals surface area contributed by atoms with Crippen LogP contribution in [-0.2, 0) is 13.2 Å². The van der Waals surface area contributed by atoms with Crippen molar-refractivity contribution in [2.45, 2.75) is 13.1 Å². The van der Waals surface area contributed by atoms with E-state index in [4.69, 9.17) is 5.11 Å². The van der Waals surface area contributed by atoms with Crippen LogP contribution in [0.2, 0.25) is 0 Å². The fourth-order valence-corrected chi connectivity index (χ4v) is 3.14. The van der Waals surface area contributed by atoms with Crippen molar-refractivity contribution in [1.29, 1.82) is 0 Å². The number of nitrogens with zero attached hydrogens (tertiary/aromatic N) is 5. The highest BCUT2D eigenvalue weighted by molar-refractivity contribution is 5.89. The van der Waals surface area contributed by atoms with Gasteiger partial charge in [0.25, 0.3) is 0 Å². The van der Waals surface area contributed by atoms with Crippen LogP contribution >= 0.6 is 0 Å². The van der Waals surface area contributed by atoms with Crippen LogP contribution < -0.4 is 0 Å². The van der Waals surface area contributed by atoms with Gasteiger partial charge in [0.2, 0.25) is 0 Å². The zero-order chi connectivity index (χ0) is 20.9. The van der Waals surface area contributed by atoms with Gasteiger partial charge >= 0.3 is 12.1 Å². The fraction of sp³-hybridized carbons (Fsp3) is 0.158. The minimum atomic E-state index is -4.61. The molecule has 0 saturated heterocycles. The quantitative estimate of drug-likeness (QED) is 0.564. The smallest absolute Gasteiger partial charge is 0.417 e. The van der Waals surface area contributed by atoms with Crippen molar-refractivity contribution in [2.75, 3.05) is 0 Å². The minimum absolute atomic E-state index is 0.0271. The first-order valence-corrected chi connectivity index (χ1v) is 8.45. The second-order valence-corrected chi connectivity index (χ2v) is 6.50. The zero-order valence-electron chi connectivity index (χ0n) is 15.3. The van der Waals surface area contributed by atoms with E-state index in [1.54, 1.807) is 13.2 Å². The van der Waals surface area contributed by atoms with E-state index in [9.17, 15) is 18.0 Å². The summed E-state index contributed by atoms with van der Waals surface area (Å²) < 4.78 is 44.2. The second-order valence-electron chi connectivity index (χ2n) is 6.50. The van der Waals surface area contributed by atoms with Gasteiger partial charge in [-0.25, -0.2) is 14.5 Å². The molecule has 29 heavy (non-hydrogen) atoms. The van der Waals surface area contributed by atoms with Crippen LogP contribution in [0.15, 0.2) is 42.7 Å². The van der Waals surface area contributed by atoms with E-state index >= 15 is 0 Å². The molecule has 4 rings (SSSR count). The van der Waals surface area contributed by atoms with E-state index in [1.807, 2.05) is 0 Å². The molecule has 0 aliphatic rings. The van der Waals surface area contributed by atoms with E-state index in [-0.39, 0.29) is 28.0 Å². The van der Waals surface area contributed by atoms with E-state index in [1.165, 1.54) is 46.7 Å². The Morgan fingerprint density at radius 2 is 1.86 bits per heavy atom. The van der Waals surface area contributed by atoms with Gasteiger partial charge in [-0.1, -0.05) is 0 Å². The number of aryl methyl sites for hydroxylation is 2. The Balaban J connectivity index is 2.00. The average Bonchev–Trinajstić information content (AvgIpc) is 3.24. The number of carboxylic acids is 1. The summed E-state index contributed by atoms with van der Waals surface area (Å²) in [6.45, 7) is 1.48. The molecule has 10 heteroatoms. The number of hydrogen-bond acceptors (Lipinski definition) is 4. The first-order chi connectivity index (χ1) is 13.6. The first-order valence-electron chi connectivity index (χ1n) is 8.45. The highest BCUT2D eigenvalue weighted by Gasteiger charge is 2.36. The highest BCUT2D eigenvalue weighted by Crippen LogP contribution is 2.38. The molecule has 0 atom stereocenters. The molecule has 0 bridgehead atoms. The molecule has 0 aliphatic heterocycles. The van der Waals surface area contributed by atoms with Gasteiger partial charge in [-0.2, -0.15) is 23.4 Å². The van der Waals surface area contributed by atoms with Crippen molar-refractivity contribution in [3.8, 4) is 16.9 Å². The van der Waals surface area contributed by atoms with Crippen molar-refractivity contribution in [3.63, 3.8) is 0 Å². The Kier molecular flexibility index (Phi) is 4.14. The Morgan fingerprint density at radius 1 is 1.17 bits per heavy atom. The van der Waals surface area contributed by atoms with E-state index < -0.39 is 17.7 Å². The number of aromatic nitrogens is 5. The van der Waals surface area contributed by atoms with Crippen LogP contribution in [0.5, 0.6) is 0 Å². The van der Waals surface area contributed by atoms with E-state index in [0.717, 1.165) is 6.07 Å². The number of pyridine rings is 1. The molecule has 0 fully saturated rings. The lowest BCUT2D eigenvalue weighted by Crippen LogP contribution is -2.08. The Bertz CT molecular complexity index is 1240. The van der Waals surface area contributed by atoms with Gasteiger partial charge in [-0.3, -0.25) is 4.68 Å². The van der Waals surface area contributed by atoms with Gasteiger partial charge < -0.3 is 5.11 Å². The van der Waals surface area contributed by atoms with Gasteiger partial charge in [-0.05, 0) is 37.3 Å². The van der Waals surface area contributed by atoms with Crippen LogP contribution in [0.3, 0.4) is 0 Å².